The summed E-state index contributed by atoms with van der Waals surface area (Å²) in [6, 6.07) is 11.9. The predicted molar refractivity (Wildman–Crippen MR) is 123 cm³/mol. The highest BCUT2D eigenvalue weighted by atomic mass is 32.2. The van der Waals surface area contributed by atoms with Crippen LogP contribution in [0.1, 0.15) is 19.0 Å². The van der Waals surface area contributed by atoms with Gasteiger partial charge in [-0.2, -0.15) is 4.31 Å². The molecule has 0 saturated carbocycles. The fourth-order valence-corrected chi connectivity index (χ4v) is 4.92. The highest BCUT2D eigenvalue weighted by Crippen LogP contribution is 2.13. The van der Waals surface area contributed by atoms with Crippen LogP contribution in [0.4, 0.5) is 5.69 Å². The van der Waals surface area contributed by atoms with E-state index in [4.69, 9.17) is 9.52 Å². The van der Waals surface area contributed by atoms with Gasteiger partial charge < -0.3 is 19.6 Å². The van der Waals surface area contributed by atoms with Crippen LogP contribution >= 0.6 is 0 Å². The minimum atomic E-state index is -3.41. The van der Waals surface area contributed by atoms with Crippen molar-refractivity contribution in [3.63, 3.8) is 0 Å². The van der Waals surface area contributed by atoms with Crippen molar-refractivity contribution < 1.29 is 12.9 Å². The maximum Gasteiger partial charge on any atom is 0.220 e. The van der Waals surface area contributed by atoms with Gasteiger partial charge in [0.05, 0.1) is 5.69 Å². The summed E-state index contributed by atoms with van der Waals surface area (Å²) in [5, 5.41) is 7.05. The van der Waals surface area contributed by atoms with Gasteiger partial charge in [0.2, 0.25) is 10.0 Å². The molecule has 2 aromatic rings. The lowest BCUT2D eigenvalue weighted by molar-refractivity contribution is 0.260. The number of nitrogens with one attached hydrogen (secondary N) is 1. The summed E-state index contributed by atoms with van der Waals surface area (Å²) >= 11 is 0. The Balaban J connectivity index is 1.49. The number of piperazine rings is 1. The van der Waals surface area contributed by atoms with Gasteiger partial charge in [-0.1, -0.05) is 23.4 Å². The van der Waals surface area contributed by atoms with E-state index in [1.165, 1.54) is 16.3 Å². The van der Waals surface area contributed by atoms with Crippen LogP contribution in [-0.2, 0) is 15.8 Å². The first-order valence-electron chi connectivity index (χ1n) is 10.7. The summed E-state index contributed by atoms with van der Waals surface area (Å²) in [4.78, 5) is 9.12. The van der Waals surface area contributed by atoms with Crippen molar-refractivity contribution in [3.05, 3.63) is 48.4 Å². The number of rotatable bonds is 9. The van der Waals surface area contributed by atoms with Crippen molar-refractivity contribution in [2.24, 2.45) is 4.99 Å². The van der Waals surface area contributed by atoms with Crippen molar-refractivity contribution >= 4 is 21.7 Å². The number of para-hydroxylation sites is 1. The lowest BCUT2D eigenvalue weighted by atomic mass is 10.3. The number of sulfonamides is 1. The molecule has 0 aliphatic carbocycles. The van der Waals surface area contributed by atoms with E-state index in [1.54, 1.807) is 6.07 Å². The van der Waals surface area contributed by atoms with Gasteiger partial charge in [0.1, 0.15) is 12.0 Å². The largest absolute Gasteiger partial charge is 0.375 e. The lowest BCUT2D eigenvalue weighted by Gasteiger charge is -2.35. The summed E-state index contributed by atoms with van der Waals surface area (Å²) in [7, 11) is -1.32. The quantitative estimate of drug-likeness (QED) is 0.354. The van der Waals surface area contributed by atoms with Gasteiger partial charge in [0.25, 0.3) is 0 Å². The topological polar surface area (TPSA) is 94.3 Å². The van der Waals surface area contributed by atoms with Gasteiger partial charge in [-0.3, -0.25) is 4.99 Å². The van der Waals surface area contributed by atoms with Crippen LogP contribution in [-0.4, -0.2) is 81.6 Å². The molecular formula is C21H32N6O3S. The van der Waals surface area contributed by atoms with Crippen molar-refractivity contribution in [1.82, 2.24) is 19.7 Å². The maximum absolute atomic E-state index is 12.6. The molecule has 1 saturated heterocycles. The molecule has 2 heterocycles. The predicted octanol–water partition coefficient (Wildman–Crippen LogP) is 1.61. The molecule has 0 bridgehead atoms. The zero-order valence-corrected chi connectivity index (χ0v) is 19.1. The standard InChI is InChI=1S/C21H32N6O3S/c1-3-22-21(23-11-7-12-25(2)20-8-5-4-6-9-20)26-13-15-27(16-14-26)31(28,29)18-19-10-17-30-24-19/h4-6,8-10,17H,3,7,11-16,18H2,1-2H3,(H,22,23). The molecule has 1 aromatic heterocycles. The second-order valence-electron chi connectivity index (χ2n) is 7.48. The molecule has 3 rings (SSSR count). The molecule has 1 N–H and O–H groups in total. The molecule has 0 radical (unpaired) electrons. The smallest absolute Gasteiger partial charge is 0.220 e. The van der Waals surface area contributed by atoms with Gasteiger partial charge in [-0.25, -0.2) is 8.42 Å². The van der Waals surface area contributed by atoms with Crippen molar-refractivity contribution in [2.45, 2.75) is 19.1 Å². The summed E-state index contributed by atoms with van der Waals surface area (Å²) in [6.45, 7) is 6.51. The first kappa shape index (κ1) is 23.1. The zero-order chi connectivity index (χ0) is 22.1. The molecule has 31 heavy (non-hydrogen) atoms. The molecular weight excluding hydrogens is 416 g/mol. The van der Waals surface area contributed by atoms with Gasteiger partial charge in [-0.15, -0.1) is 0 Å². The average molecular weight is 449 g/mol. The van der Waals surface area contributed by atoms with Crippen LogP contribution < -0.4 is 10.2 Å². The minimum absolute atomic E-state index is 0.132. The third-order valence-electron chi connectivity index (χ3n) is 5.20. The van der Waals surface area contributed by atoms with Crippen LogP contribution in [0.5, 0.6) is 0 Å². The normalized spacial score (nSPS) is 15.8. The van der Waals surface area contributed by atoms with E-state index in [2.05, 4.69) is 39.5 Å². The van der Waals surface area contributed by atoms with E-state index >= 15 is 0 Å². The van der Waals surface area contributed by atoms with Crippen molar-refractivity contribution in [2.75, 3.05) is 57.8 Å². The number of aliphatic imine (C=N–C) groups is 1. The monoisotopic (exact) mass is 448 g/mol. The third-order valence-corrected chi connectivity index (χ3v) is 7.01. The van der Waals surface area contributed by atoms with Gasteiger partial charge in [-0.05, 0) is 25.5 Å². The van der Waals surface area contributed by atoms with E-state index < -0.39 is 10.0 Å². The average Bonchev–Trinajstić information content (AvgIpc) is 3.29. The first-order valence-corrected chi connectivity index (χ1v) is 12.3. The highest BCUT2D eigenvalue weighted by Gasteiger charge is 2.28. The molecule has 0 amide bonds. The second-order valence-corrected chi connectivity index (χ2v) is 9.45. The number of guanidine groups is 1. The number of nitrogens with zero attached hydrogens (tertiary/aromatic N) is 5. The Labute approximate surface area is 184 Å². The molecule has 9 nitrogen and oxygen atoms in total. The summed E-state index contributed by atoms with van der Waals surface area (Å²) in [5.41, 5.74) is 1.62. The van der Waals surface area contributed by atoms with Gasteiger partial charge >= 0.3 is 0 Å². The number of anilines is 1. The Morgan fingerprint density at radius 2 is 1.94 bits per heavy atom. The number of benzene rings is 1. The van der Waals surface area contributed by atoms with Crippen LogP contribution in [0.15, 0.2) is 52.2 Å². The SMILES string of the molecule is CCNC(=NCCCN(C)c1ccccc1)N1CCN(S(=O)(=O)Cc2ccon2)CC1. The maximum atomic E-state index is 12.6. The molecule has 1 aliphatic rings. The van der Waals surface area contributed by atoms with E-state index in [0.717, 1.165) is 25.5 Å². The number of aromatic nitrogens is 1. The number of hydrogen-bond acceptors (Lipinski definition) is 6. The zero-order valence-electron chi connectivity index (χ0n) is 18.3. The van der Waals surface area contributed by atoms with Crippen LogP contribution in [0.2, 0.25) is 0 Å². The highest BCUT2D eigenvalue weighted by molar-refractivity contribution is 7.88. The third kappa shape index (κ3) is 6.70. The van der Waals surface area contributed by atoms with E-state index in [1.807, 2.05) is 25.1 Å². The van der Waals surface area contributed by atoms with E-state index in [9.17, 15) is 8.42 Å². The molecule has 0 unspecified atom stereocenters. The molecule has 10 heteroatoms. The molecule has 1 aromatic carbocycles. The van der Waals surface area contributed by atoms with Crippen LogP contribution in [0.3, 0.4) is 0 Å². The molecule has 1 fully saturated rings. The van der Waals surface area contributed by atoms with E-state index in [0.29, 0.717) is 38.4 Å². The minimum Gasteiger partial charge on any atom is -0.375 e. The second kappa shape index (κ2) is 11.1. The fourth-order valence-electron chi connectivity index (χ4n) is 3.50. The lowest BCUT2D eigenvalue weighted by Crippen LogP contribution is -2.54. The van der Waals surface area contributed by atoms with Crippen LogP contribution in [0.25, 0.3) is 0 Å². The Kier molecular flexibility index (Phi) is 8.30. The first-order chi connectivity index (χ1) is 15.0. The molecule has 170 valence electrons. The molecule has 0 atom stereocenters. The Morgan fingerprint density at radius 1 is 1.19 bits per heavy atom. The van der Waals surface area contributed by atoms with E-state index in [-0.39, 0.29) is 5.75 Å². The Morgan fingerprint density at radius 3 is 2.58 bits per heavy atom. The Bertz CT molecular complexity index is 910. The van der Waals surface area contributed by atoms with Crippen molar-refractivity contribution in [3.8, 4) is 0 Å². The van der Waals surface area contributed by atoms with Crippen LogP contribution in [0, 0.1) is 0 Å². The van der Waals surface area contributed by atoms with Gasteiger partial charge in [0.15, 0.2) is 5.96 Å². The van der Waals surface area contributed by atoms with Gasteiger partial charge in [0, 0.05) is 64.6 Å². The molecule has 1 aliphatic heterocycles. The fraction of sp³-hybridized carbons (Fsp3) is 0.524. The van der Waals surface area contributed by atoms with Crippen molar-refractivity contribution in [1.29, 1.82) is 0 Å². The number of hydrogen-bond donors (Lipinski definition) is 1. The summed E-state index contributed by atoms with van der Waals surface area (Å²) in [6.07, 6.45) is 2.33. The Hall–Kier alpha value is -2.59. The summed E-state index contributed by atoms with van der Waals surface area (Å²) in [5.74, 6) is 0.713. The molecule has 0 spiro atoms. The summed E-state index contributed by atoms with van der Waals surface area (Å²) < 4.78 is 31.5.